The summed E-state index contributed by atoms with van der Waals surface area (Å²) in [6.45, 7) is 5.28. The van der Waals surface area contributed by atoms with Gasteiger partial charge in [-0.15, -0.1) is 0 Å². The van der Waals surface area contributed by atoms with Gasteiger partial charge in [0.1, 0.15) is 6.61 Å². The summed E-state index contributed by atoms with van der Waals surface area (Å²) in [4.78, 5) is 12.1. The molecular weight excluding hydrogens is 504 g/mol. The van der Waals surface area contributed by atoms with E-state index in [1.165, 1.54) is 11.5 Å². The average Bonchev–Trinajstić information content (AvgIpc) is 3.08. The minimum atomic E-state index is 0.386. The molecule has 2 aromatic heterocycles. The second kappa shape index (κ2) is 9.62. The number of aromatic nitrogens is 2. The third kappa shape index (κ3) is 4.98. The normalized spacial score (nSPS) is 11.2. The van der Waals surface area contributed by atoms with Gasteiger partial charge >= 0.3 is 0 Å². The van der Waals surface area contributed by atoms with E-state index in [9.17, 15) is 0 Å². The summed E-state index contributed by atoms with van der Waals surface area (Å²) in [6.07, 6.45) is 1.80. The van der Waals surface area contributed by atoms with Crippen LogP contribution in [0.5, 0.6) is 5.88 Å². The predicted molar refractivity (Wildman–Crippen MR) is 123 cm³/mol. The summed E-state index contributed by atoms with van der Waals surface area (Å²) in [7, 11) is 1.98. The van der Waals surface area contributed by atoms with Crippen LogP contribution in [0.1, 0.15) is 17.5 Å². The van der Waals surface area contributed by atoms with Crippen LogP contribution < -0.4 is 4.74 Å². The number of pyridine rings is 1. The van der Waals surface area contributed by atoms with Crippen LogP contribution in [0.25, 0.3) is 11.3 Å². The Bertz CT molecular complexity index is 976. The monoisotopic (exact) mass is 522 g/mol. The maximum absolute atomic E-state index is 5.96. The molecule has 0 N–H and O–H groups in total. The zero-order chi connectivity index (χ0) is 20.1. The maximum Gasteiger partial charge on any atom is 0.228 e. The molecule has 1 aromatic carbocycles. The molecule has 0 amide bonds. The largest absolute Gasteiger partial charge is 0.471 e. The molecule has 2 heterocycles. The highest BCUT2D eigenvalue weighted by Crippen LogP contribution is 2.35. The van der Waals surface area contributed by atoms with Crippen LogP contribution in [0.2, 0.25) is 0 Å². The van der Waals surface area contributed by atoms with Gasteiger partial charge in [0.2, 0.25) is 5.88 Å². The van der Waals surface area contributed by atoms with Crippen molar-refractivity contribution in [2.75, 3.05) is 13.6 Å². The molecule has 0 saturated carbocycles. The van der Waals surface area contributed by atoms with E-state index in [-0.39, 0.29) is 0 Å². The van der Waals surface area contributed by atoms with E-state index in [0.717, 1.165) is 43.0 Å². The molecule has 0 radical (unpaired) electrons. The van der Waals surface area contributed by atoms with Crippen molar-refractivity contribution in [3.8, 4) is 17.1 Å². The van der Waals surface area contributed by atoms with Gasteiger partial charge in [0.05, 0.1) is 37.2 Å². The lowest BCUT2D eigenvalue weighted by molar-refractivity contribution is 0.294. The van der Waals surface area contributed by atoms with Crippen molar-refractivity contribution in [1.82, 2.24) is 14.3 Å². The van der Waals surface area contributed by atoms with Crippen molar-refractivity contribution in [1.29, 1.82) is 0 Å². The van der Waals surface area contributed by atoms with Gasteiger partial charge in [-0.1, -0.05) is 30.3 Å². The smallest absolute Gasteiger partial charge is 0.228 e. The predicted octanol–water partition coefficient (Wildman–Crippen LogP) is 6.23. The zero-order valence-electron chi connectivity index (χ0n) is 15.8. The van der Waals surface area contributed by atoms with Crippen LogP contribution in [0.3, 0.4) is 0 Å². The summed E-state index contributed by atoms with van der Waals surface area (Å²) in [5.74, 6) is 0.543. The van der Waals surface area contributed by atoms with Gasteiger partial charge < -0.3 is 9.64 Å². The Morgan fingerprint density at radius 1 is 1.25 bits per heavy atom. The van der Waals surface area contributed by atoms with E-state index in [0.29, 0.717) is 12.5 Å². The molecule has 146 valence electrons. The van der Waals surface area contributed by atoms with Gasteiger partial charge in [0, 0.05) is 19.2 Å². The third-order valence-electron chi connectivity index (χ3n) is 4.09. The summed E-state index contributed by atoms with van der Waals surface area (Å²) in [5, 5.41) is 0. The Kier molecular flexibility index (Phi) is 7.20. The van der Waals surface area contributed by atoms with E-state index >= 15 is 0 Å². The van der Waals surface area contributed by atoms with Gasteiger partial charge in [-0.05, 0) is 63.3 Å². The van der Waals surface area contributed by atoms with Crippen molar-refractivity contribution >= 4 is 55.4 Å². The SMILES string of the molecule is CCN(C)C=Nc1cc(Br)c(OCc2snc(-c3ccccc3)c2Br)nc1C. The molecule has 3 rings (SSSR count). The molecular formula is C20H20Br2N4OS. The van der Waals surface area contributed by atoms with Crippen LogP contribution >= 0.6 is 43.4 Å². The Labute approximate surface area is 185 Å². The fourth-order valence-electron chi connectivity index (χ4n) is 2.34. The highest BCUT2D eigenvalue weighted by atomic mass is 79.9. The fourth-order valence-corrected chi connectivity index (χ4v) is 4.21. The van der Waals surface area contributed by atoms with Gasteiger partial charge in [0.25, 0.3) is 0 Å². The second-order valence-corrected chi connectivity index (χ2v) is 8.63. The molecule has 0 aliphatic carbocycles. The summed E-state index contributed by atoms with van der Waals surface area (Å²) >= 11 is 8.62. The fraction of sp³-hybridized carbons (Fsp3) is 0.250. The minimum absolute atomic E-state index is 0.386. The minimum Gasteiger partial charge on any atom is -0.471 e. The van der Waals surface area contributed by atoms with E-state index in [2.05, 4.69) is 53.1 Å². The summed E-state index contributed by atoms with van der Waals surface area (Å²) < 4.78 is 12.2. The molecule has 28 heavy (non-hydrogen) atoms. The van der Waals surface area contributed by atoms with E-state index in [1.807, 2.05) is 55.3 Å². The molecule has 0 spiro atoms. The van der Waals surface area contributed by atoms with Crippen molar-refractivity contribution in [3.05, 3.63) is 55.9 Å². The third-order valence-corrected chi connectivity index (χ3v) is 6.59. The quantitative estimate of drug-likeness (QED) is 0.272. The number of rotatable bonds is 7. The standard InChI is InChI=1S/C20H20Br2N4OS/c1-4-26(3)12-23-16-10-15(21)20(24-13(16)2)27-11-17-18(22)19(25-28-17)14-8-6-5-7-9-14/h5-10,12H,4,11H2,1-3H3. The Balaban J connectivity index is 1.74. The number of hydrogen-bond acceptors (Lipinski definition) is 5. The Morgan fingerprint density at radius 3 is 2.71 bits per heavy atom. The lowest BCUT2D eigenvalue weighted by Crippen LogP contribution is -2.14. The average molecular weight is 524 g/mol. The lowest BCUT2D eigenvalue weighted by Gasteiger charge is -2.11. The number of halogens is 2. The zero-order valence-corrected chi connectivity index (χ0v) is 19.8. The molecule has 0 saturated heterocycles. The van der Waals surface area contributed by atoms with Gasteiger partial charge in [-0.3, -0.25) is 0 Å². The van der Waals surface area contributed by atoms with E-state index in [1.54, 1.807) is 6.34 Å². The van der Waals surface area contributed by atoms with Gasteiger partial charge in [-0.25, -0.2) is 9.98 Å². The number of aryl methyl sites for hydroxylation is 1. The van der Waals surface area contributed by atoms with Crippen LogP contribution in [-0.2, 0) is 6.61 Å². The van der Waals surface area contributed by atoms with Crippen LogP contribution in [-0.4, -0.2) is 34.2 Å². The number of hydrogen-bond donors (Lipinski definition) is 0. The molecule has 0 aliphatic rings. The van der Waals surface area contributed by atoms with E-state index in [4.69, 9.17) is 4.74 Å². The molecule has 3 aromatic rings. The first-order valence-corrected chi connectivity index (χ1v) is 11.1. The molecule has 5 nitrogen and oxygen atoms in total. The van der Waals surface area contributed by atoms with Gasteiger partial charge in [-0.2, -0.15) is 4.37 Å². The molecule has 8 heteroatoms. The molecule has 0 unspecified atom stereocenters. The molecule has 0 atom stereocenters. The first kappa shape index (κ1) is 21.0. The summed E-state index contributed by atoms with van der Waals surface area (Å²) in [6, 6.07) is 12.0. The topological polar surface area (TPSA) is 50.6 Å². The molecule has 0 aliphatic heterocycles. The molecule has 0 bridgehead atoms. The van der Waals surface area contributed by atoms with Crippen molar-refractivity contribution in [2.24, 2.45) is 4.99 Å². The van der Waals surface area contributed by atoms with Gasteiger partial charge in [0.15, 0.2) is 0 Å². The van der Waals surface area contributed by atoms with Crippen LogP contribution in [0, 0.1) is 6.92 Å². The summed E-state index contributed by atoms with van der Waals surface area (Å²) in [5.41, 5.74) is 3.63. The van der Waals surface area contributed by atoms with Crippen molar-refractivity contribution in [3.63, 3.8) is 0 Å². The van der Waals surface area contributed by atoms with Crippen LogP contribution in [0.15, 0.2) is 50.3 Å². The lowest BCUT2D eigenvalue weighted by atomic mass is 10.1. The van der Waals surface area contributed by atoms with Crippen molar-refractivity contribution < 1.29 is 4.74 Å². The first-order valence-electron chi connectivity index (χ1n) is 8.73. The van der Waals surface area contributed by atoms with Crippen LogP contribution in [0.4, 0.5) is 5.69 Å². The van der Waals surface area contributed by atoms with E-state index < -0.39 is 0 Å². The van der Waals surface area contributed by atoms with Crippen molar-refractivity contribution in [2.45, 2.75) is 20.5 Å². The second-order valence-electron chi connectivity index (χ2n) is 6.12. The number of aliphatic imine (C=N–C) groups is 1. The maximum atomic E-state index is 5.96. The highest BCUT2D eigenvalue weighted by molar-refractivity contribution is 9.11. The number of ether oxygens (including phenoxy) is 1. The number of benzene rings is 1. The first-order chi connectivity index (χ1) is 13.5. The Hall–Kier alpha value is -1.77. The number of nitrogens with zero attached hydrogens (tertiary/aromatic N) is 4. The Morgan fingerprint density at radius 2 is 2.00 bits per heavy atom. The molecule has 0 fully saturated rings. The highest BCUT2D eigenvalue weighted by Gasteiger charge is 2.15.